The van der Waals surface area contributed by atoms with Crippen LogP contribution in [0, 0.1) is 13.8 Å². The molecule has 0 bridgehead atoms. The predicted octanol–water partition coefficient (Wildman–Crippen LogP) is 3.88. The Labute approximate surface area is 169 Å². The first-order chi connectivity index (χ1) is 14.0. The Morgan fingerprint density at radius 1 is 1.14 bits per heavy atom. The molecule has 29 heavy (non-hydrogen) atoms. The van der Waals surface area contributed by atoms with E-state index in [0.29, 0.717) is 18.7 Å². The molecule has 0 N–H and O–H groups in total. The zero-order valence-electron chi connectivity index (χ0n) is 16.7. The highest BCUT2D eigenvalue weighted by Gasteiger charge is 2.24. The number of benzene rings is 1. The number of carbonyl (C=O) groups is 2. The summed E-state index contributed by atoms with van der Waals surface area (Å²) in [5.41, 5.74) is 4.26. The summed E-state index contributed by atoms with van der Waals surface area (Å²) < 4.78 is 12.8. The Balaban J connectivity index is 1.43. The van der Waals surface area contributed by atoms with Crippen LogP contribution >= 0.6 is 0 Å². The summed E-state index contributed by atoms with van der Waals surface area (Å²) in [6.07, 6.45) is 3.50. The van der Waals surface area contributed by atoms with Crippen molar-refractivity contribution in [3.8, 4) is 0 Å². The van der Waals surface area contributed by atoms with Crippen molar-refractivity contribution in [2.45, 2.75) is 33.2 Å². The molecule has 150 valence electrons. The summed E-state index contributed by atoms with van der Waals surface area (Å²) in [4.78, 5) is 27.0. The highest BCUT2D eigenvalue weighted by Crippen LogP contribution is 2.27. The summed E-state index contributed by atoms with van der Waals surface area (Å²) in [5, 5.41) is 0. The lowest BCUT2D eigenvalue weighted by molar-refractivity contribution is -0.121. The quantitative estimate of drug-likeness (QED) is 0.618. The van der Waals surface area contributed by atoms with Gasteiger partial charge in [0.05, 0.1) is 18.4 Å². The van der Waals surface area contributed by atoms with Gasteiger partial charge in [-0.15, -0.1) is 0 Å². The maximum Gasteiger partial charge on any atom is 0.340 e. The maximum atomic E-state index is 12.7. The first-order valence-electron chi connectivity index (χ1n) is 9.79. The van der Waals surface area contributed by atoms with Gasteiger partial charge in [-0.05, 0) is 56.5 Å². The van der Waals surface area contributed by atoms with E-state index in [9.17, 15) is 9.59 Å². The minimum absolute atomic E-state index is 0.199. The Bertz CT molecular complexity index is 1030. The molecule has 1 amide bonds. The lowest BCUT2D eigenvalue weighted by Gasteiger charge is -2.29. The van der Waals surface area contributed by atoms with Crippen molar-refractivity contribution in [2.24, 2.45) is 0 Å². The molecule has 4 rings (SSSR count). The first-order valence-corrected chi connectivity index (χ1v) is 9.79. The van der Waals surface area contributed by atoms with E-state index in [2.05, 4.69) is 0 Å². The third-order valence-corrected chi connectivity index (χ3v) is 5.43. The minimum Gasteiger partial charge on any atom is -0.467 e. The van der Waals surface area contributed by atoms with Crippen molar-refractivity contribution in [3.63, 3.8) is 0 Å². The van der Waals surface area contributed by atoms with Crippen molar-refractivity contribution < 1.29 is 18.7 Å². The van der Waals surface area contributed by atoms with E-state index in [4.69, 9.17) is 9.15 Å². The molecule has 0 aliphatic carbocycles. The summed E-state index contributed by atoms with van der Waals surface area (Å²) in [6, 6.07) is 13.4. The SMILES string of the molecule is Cc1cc(C(=O)OCC(=O)N2CCCc3ccccc32)c(C)n1Cc1ccco1. The first kappa shape index (κ1) is 19.1. The van der Waals surface area contributed by atoms with Crippen LogP contribution in [-0.4, -0.2) is 29.6 Å². The van der Waals surface area contributed by atoms with E-state index >= 15 is 0 Å². The zero-order chi connectivity index (χ0) is 20.4. The fourth-order valence-corrected chi connectivity index (χ4v) is 3.89. The number of hydrogen-bond donors (Lipinski definition) is 0. The molecule has 0 atom stereocenters. The van der Waals surface area contributed by atoms with Crippen LogP contribution in [0.1, 0.15) is 39.5 Å². The fourth-order valence-electron chi connectivity index (χ4n) is 3.89. The number of fused-ring (bicyclic) bond motifs is 1. The third kappa shape index (κ3) is 3.83. The van der Waals surface area contributed by atoms with Gasteiger partial charge in [0.25, 0.3) is 5.91 Å². The molecule has 0 radical (unpaired) electrons. The number of carbonyl (C=O) groups excluding carboxylic acids is 2. The molecule has 0 spiro atoms. The van der Waals surface area contributed by atoms with Crippen LogP contribution in [0.4, 0.5) is 5.69 Å². The largest absolute Gasteiger partial charge is 0.467 e. The molecule has 2 aromatic heterocycles. The maximum absolute atomic E-state index is 12.7. The predicted molar refractivity (Wildman–Crippen MR) is 109 cm³/mol. The standard InChI is InChI=1S/C23H24N2O4/c1-16-13-20(17(2)25(16)14-19-9-6-12-28-19)23(27)29-15-22(26)24-11-5-8-18-7-3-4-10-21(18)24/h3-4,6-7,9-10,12-13H,5,8,11,14-15H2,1-2H3. The van der Waals surface area contributed by atoms with Gasteiger partial charge in [0.1, 0.15) is 5.76 Å². The second kappa shape index (κ2) is 7.99. The number of hydrogen-bond acceptors (Lipinski definition) is 4. The smallest absolute Gasteiger partial charge is 0.340 e. The number of rotatable bonds is 5. The van der Waals surface area contributed by atoms with Crippen LogP contribution in [-0.2, 0) is 22.5 Å². The van der Waals surface area contributed by atoms with E-state index in [-0.39, 0.29) is 12.5 Å². The molecule has 0 unspecified atom stereocenters. The molecule has 3 heterocycles. The second-order valence-corrected chi connectivity index (χ2v) is 7.30. The Kier molecular flexibility index (Phi) is 5.25. The highest BCUT2D eigenvalue weighted by molar-refractivity contribution is 5.98. The summed E-state index contributed by atoms with van der Waals surface area (Å²) in [6.45, 7) is 4.72. The van der Waals surface area contributed by atoms with Crippen molar-refractivity contribution in [3.05, 3.63) is 77.0 Å². The van der Waals surface area contributed by atoms with Gasteiger partial charge in [0.15, 0.2) is 6.61 Å². The fraction of sp³-hybridized carbons (Fsp3) is 0.304. The van der Waals surface area contributed by atoms with Gasteiger partial charge >= 0.3 is 5.97 Å². The van der Waals surface area contributed by atoms with Gasteiger partial charge < -0.3 is 18.6 Å². The van der Waals surface area contributed by atoms with Gasteiger partial charge in [-0.3, -0.25) is 4.79 Å². The molecule has 0 saturated heterocycles. The van der Waals surface area contributed by atoms with E-state index in [0.717, 1.165) is 41.2 Å². The Morgan fingerprint density at radius 2 is 1.97 bits per heavy atom. The number of furan rings is 1. The number of ether oxygens (including phenoxy) is 1. The topological polar surface area (TPSA) is 64.7 Å². The Hall–Kier alpha value is -3.28. The van der Waals surface area contributed by atoms with Crippen molar-refractivity contribution in [1.29, 1.82) is 0 Å². The number of nitrogens with zero attached hydrogens (tertiary/aromatic N) is 2. The molecule has 0 saturated carbocycles. The second-order valence-electron chi connectivity index (χ2n) is 7.30. The van der Waals surface area contributed by atoms with Gasteiger partial charge in [-0.1, -0.05) is 18.2 Å². The van der Waals surface area contributed by atoms with Gasteiger partial charge in [-0.25, -0.2) is 4.79 Å². The molecule has 6 heteroatoms. The molecular formula is C23H24N2O4. The lowest BCUT2D eigenvalue weighted by Crippen LogP contribution is -2.38. The van der Waals surface area contributed by atoms with Crippen LogP contribution in [0.2, 0.25) is 0 Å². The van der Waals surface area contributed by atoms with Crippen molar-refractivity contribution in [1.82, 2.24) is 4.57 Å². The van der Waals surface area contributed by atoms with Crippen molar-refractivity contribution in [2.75, 3.05) is 18.1 Å². The number of amides is 1. The molecule has 1 aromatic carbocycles. The van der Waals surface area contributed by atoms with E-state index in [1.165, 1.54) is 0 Å². The van der Waals surface area contributed by atoms with Crippen LogP contribution in [0.15, 0.2) is 53.1 Å². The van der Waals surface area contributed by atoms with E-state index < -0.39 is 5.97 Å². The van der Waals surface area contributed by atoms with Crippen LogP contribution < -0.4 is 4.90 Å². The zero-order valence-corrected chi connectivity index (χ0v) is 16.7. The number of aromatic nitrogens is 1. The molecule has 1 aliphatic rings. The highest BCUT2D eigenvalue weighted by atomic mass is 16.5. The third-order valence-electron chi connectivity index (χ3n) is 5.43. The van der Waals surface area contributed by atoms with Crippen molar-refractivity contribution >= 4 is 17.6 Å². The number of esters is 1. The lowest BCUT2D eigenvalue weighted by atomic mass is 10.0. The molecule has 1 aliphatic heterocycles. The number of aryl methyl sites for hydroxylation is 2. The molecule has 0 fully saturated rings. The summed E-state index contributed by atoms with van der Waals surface area (Å²) in [7, 11) is 0. The average molecular weight is 392 g/mol. The Morgan fingerprint density at radius 3 is 2.76 bits per heavy atom. The number of anilines is 1. The summed E-state index contributed by atoms with van der Waals surface area (Å²) in [5.74, 6) is 0.128. The van der Waals surface area contributed by atoms with Crippen LogP contribution in [0.3, 0.4) is 0 Å². The van der Waals surface area contributed by atoms with Crippen LogP contribution in [0.25, 0.3) is 0 Å². The normalized spacial score (nSPS) is 13.2. The van der Waals surface area contributed by atoms with E-state index in [1.807, 2.05) is 54.8 Å². The summed E-state index contributed by atoms with van der Waals surface area (Å²) >= 11 is 0. The van der Waals surface area contributed by atoms with E-state index in [1.54, 1.807) is 17.2 Å². The molecule has 3 aromatic rings. The monoisotopic (exact) mass is 392 g/mol. The van der Waals surface area contributed by atoms with Gasteiger partial charge in [0.2, 0.25) is 0 Å². The van der Waals surface area contributed by atoms with Gasteiger partial charge in [0, 0.05) is 23.6 Å². The minimum atomic E-state index is -0.484. The molecular weight excluding hydrogens is 368 g/mol. The number of para-hydroxylation sites is 1. The van der Waals surface area contributed by atoms with Gasteiger partial charge in [-0.2, -0.15) is 0 Å². The molecule has 6 nitrogen and oxygen atoms in total. The average Bonchev–Trinajstić information content (AvgIpc) is 3.35. The van der Waals surface area contributed by atoms with Crippen LogP contribution in [0.5, 0.6) is 0 Å².